The van der Waals surface area contributed by atoms with E-state index in [0.717, 1.165) is 29.5 Å². The quantitative estimate of drug-likeness (QED) is 0.880. The highest BCUT2D eigenvalue weighted by atomic mass is 79.9. The fourth-order valence-corrected chi connectivity index (χ4v) is 3.98. The fourth-order valence-electron chi connectivity index (χ4n) is 2.80. The van der Waals surface area contributed by atoms with Crippen LogP contribution in [0.5, 0.6) is 0 Å². The van der Waals surface area contributed by atoms with E-state index in [0.29, 0.717) is 19.0 Å². The van der Waals surface area contributed by atoms with Crippen molar-refractivity contribution in [2.24, 2.45) is 5.92 Å². The molecule has 118 valence electrons. The third kappa shape index (κ3) is 4.44. The van der Waals surface area contributed by atoms with Crippen LogP contribution in [0.4, 0.5) is 5.69 Å². The first-order valence-electron chi connectivity index (χ1n) is 7.23. The second kappa shape index (κ2) is 6.67. The molecule has 0 radical (unpaired) electrons. The van der Waals surface area contributed by atoms with Gasteiger partial charge in [0.1, 0.15) is 0 Å². The molecule has 21 heavy (non-hydrogen) atoms. The predicted octanol–water partition coefficient (Wildman–Crippen LogP) is 3.15. The standard InChI is InChI=1S/C15H23BrN2O2S/c1-11-7-14(8-12(2)15(11)16)17-9-13-5-4-6-18(10-13)21(3,19)20/h7-8,13,17H,4-6,9-10H2,1-3H3. The third-order valence-electron chi connectivity index (χ3n) is 3.98. The van der Waals surface area contributed by atoms with Crippen molar-refractivity contribution >= 4 is 31.6 Å². The summed E-state index contributed by atoms with van der Waals surface area (Å²) in [6, 6.07) is 4.24. The number of aryl methyl sites for hydroxylation is 2. The van der Waals surface area contributed by atoms with Crippen molar-refractivity contribution in [3.05, 3.63) is 27.7 Å². The van der Waals surface area contributed by atoms with Crippen molar-refractivity contribution in [3.8, 4) is 0 Å². The second-order valence-electron chi connectivity index (χ2n) is 5.93. The lowest BCUT2D eigenvalue weighted by atomic mass is 9.99. The van der Waals surface area contributed by atoms with Gasteiger partial charge in [-0.2, -0.15) is 0 Å². The number of nitrogens with one attached hydrogen (secondary N) is 1. The Kier molecular flexibility index (Phi) is 5.33. The van der Waals surface area contributed by atoms with Crippen LogP contribution in [0.25, 0.3) is 0 Å². The van der Waals surface area contributed by atoms with Crippen LogP contribution < -0.4 is 5.32 Å². The summed E-state index contributed by atoms with van der Waals surface area (Å²) in [5.41, 5.74) is 3.52. The van der Waals surface area contributed by atoms with Crippen molar-refractivity contribution < 1.29 is 8.42 Å². The molecule has 2 rings (SSSR count). The zero-order chi connectivity index (χ0) is 15.6. The number of piperidine rings is 1. The van der Waals surface area contributed by atoms with Gasteiger partial charge in [0.05, 0.1) is 6.26 Å². The molecule has 0 saturated carbocycles. The average molecular weight is 375 g/mol. The number of rotatable bonds is 4. The minimum atomic E-state index is -3.06. The van der Waals surface area contributed by atoms with Gasteiger partial charge in [-0.3, -0.25) is 0 Å². The van der Waals surface area contributed by atoms with Crippen molar-refractivity contribution in [3.63, 3.8) is 0 Å². The van der Waals surface area contributed by atoms with Gasteiger partial charge in [-0.15, -0.1) is 0 Å². The Balaban J connectivity index is 1.97. The number of hydrogen-bond donors (Lipinski definition) is 1. The van der Waals surface area contributed by atoms with Gasteiger partial charge >= 0.3 is 0 Å². The number of sulfonamides is 1. The first-order valence-corrected chi connectivity index (χ1v) is 9.87. The van der Waals surface area contributed by atoms with Gasteiger partial charge in [0.15, 0.2) is 0 Å². The van der Waals surface area contributed by atoms with E-state index in [-0.39, 0.29) is 0 Å². The predicted molar refractivity (Wildman–Crippen MR) is 91.2 cm³/mol. The Morgan fingerprint density at radius 3 is 2.52 bits per heavy atom. The van der Waals surface area contributed by atoms with Crippen molar-refractivity contribution in [2.45, 2.75) is 26.7 Å². The number of nitrogens with zero attached hydrogens (tertiary/aromatic N) is 1. The first kappa shape index (κ1) is 16.8. The van der Waals surface area contributed by atoms with E-state index in [9.17, 15) is 8.42 Å². The summed E-state index contributed by atoms with van der Waals surface area (Å²) < 4.78 is 26.0. The second-order valence-corrected chi connectivity index (χ2v) is 8.71. The summed E-state index contributed by atoms with van der Waals surface area (Å²) in [6.07, 6.45) is 3.32. The van der Waals surface area contributed by atoms with E-state index < -0.39 is 10.0 Å². The zero-order valence-electron chi connectivity index (χ0n) is 12.8. The molecule has 1 N–H and O–H groups in total. The van der Waals surface area contributed by atoms with Gasteiger partial charge in [0.2, 0.25) is 10.0 Å². The van der Waals surface area contributed by atoms with E-state index in [1.165, 1.54) is 17.4 Å². The minimum Gasteiger partial charge on any atom is -0.385 e. The van der Waals surface area contributed by atoms with E-state index in [1.54, 1.807) is 4.31 Å². The lowest BCUT2D eigenvalue weighted by Crippen LogP contribution is -2.41. The number of hydrogen-bond acceptors (Lipinski definition) is 3. The lowest BCUT2D eigenvalue weighted by molar-refractivity contribution is 0.277. The molecule has 1 aliphatic rings. The molecule has 0 aliphatic carbocycles. The van der Waals surface area contributed by atoms with Crippen LogP contribution in [-0.2, 0) is 10.0 Å². The van der Waals surface area contributed by atoms with Crippen LogP contribution in [-0.4, -0.2) is 38.6 Å². The number of benzene rings is 1. The lowest BCUT2D eigenvalue weighted by Gasteiger charge is -2.31. The molecule has 1 aromatic rings. The van der Waals surface area contributed by atoms with Crippen LogP contribution >= 0.6 is 15.9 Å². The molecule has 0 amide bonds. The van der Waals surface area contributed by atoms with E-state index in [4.69, 9.17) is 0 Å². The summed E-state index contributed by atoms with van der Waals surface area (Å²) in [5.74, 6) is 0.373. The van der Waals surface area contributed by atoms with Gasteiger partial charge in [0.25, 0.3) is 0 Å². The molecule has 1 saturated heterocycles. The van der Waals surface area contributed by atoms with Gasteiger partial charge in [0, 0.05) is 29.8 Å². The molecule has 4 nitrogen and oxygen atoms in total. The summed E-state index contributed by atoms with van der Waals surface area (Å²) in [6.45, 7) is 6.25. The van der Waals surface area contributed by atoms with Gasteiger partial charge in [-0.05, 0) is 55.9 Å². The first-order chi connectivity index (χ1) is 9.77. The minimum absolute atomic E-state index is 0.373. The van der Waals surface area contributed by atoms with Crippen molar-refractivity contribution in [1.29, 1.82) is 0 Å². The van der Waals surface area contributed by atoms with Crippen LogP contribution in [0, 0.1) is 19.8 Å². The molecule has 1 unspecified atom stereocenters. The Morgan fingerprint density at radius 1 is 1.33 bits per heavy atom. The Bertz CT molecular complexity index is 593. The largest absolute Gasteiger partial charge is 0.385 e. The topological polar surface area (TPSA) is 49.4 Å². The molecule has 1 heterocycles. The fraction of sp³-hybridized carbons (Fsp3) is 0.600. The van der Waals surface area contributed by atoms with Gasteiger partial charge in [-0.25, -0.2) is 12.7 Å². The summed E-state index contributed by atoms with van der Waals surface area (Å²) in [7, 11) is -3.06. The molecule has 0 bridgehead atoms. The normalized spacial score (nSPS) is 20.5. The van der Waals surface area contributed by atoms with Gasteiger partial charge < -0.3 is 5.32 Å². The number of halogens is 1. The Morgan fingerprint density at radius 2 is 1.95 bits per heavy atom. The highest BCUT2D eigenvalue weighted by Gasteiger charge is 2.25. The molecule has 0 aromatic heterocycles. The molecule has 6 heteroatoms. The molecule has 0 spiro atoms. The Hall–Kier alpha value is -0.590. The van der Waals surface area contributed by atoms with Crippen LogP contribution in [0.2, 0.25) is 0 Å². The zero-order valence-corrected chi connectivity index (χ0v) is 15.2. The van der Waals surface area contributed by atoms with Crippen molar-refractivity contribution in [2.75, 3.05) is 31.2 Å². The van der Waals surface area contributed by atoms with Crippen molar-refractivity contribution in [1.82, 2.24) is 4.31 Å². The molecule has 1 aromatic carbocycles. The average Bonchev–Trinajstić information content (AvgIpc) is 2.42. The van der Waals surface area contributed by atoms with Crippen LogP contribution in [0.15, 0.2) is 16.6 Å². The summed E-state index contributed by atoms with van der Waals surface area (Å²) in [5, 5.41) is 3.45. The smallest absolute Gasteiger partial charge is 0.211 e. The third-order valence-corrected chi connectivity index (χ3v) is 6.50. The maximum absolute atomic E-state index is 11.6. The summed E-state index contributed by atoms with van der Waals surface area (Å²) >= 11 is 3.57. The summed E-state index contributed by atoms with van der Waals surface area (Å²) in [4.78, 5) is 0. The monoisotopic (exact) mass is 374 g/mol. The van der Waals surface area contributed by atoms with Crippen LogP contribution in [0.3, 0.4) is 0 Å². The SMILES string of the molecule is Cc1cc(NCC2CCCN(S(C)(=O)=O)C2)cc(C)c1Br. The van der Waals surface area contributed by atoms with E-state index >= 15 is 0 Å². The highest BCUT2D eigenvalue weighted by Crippen LogP contribution is 2.26. The maximum Gasteiger partial charge on any atom is 0.211 e. The molecule has 1 fully saturated rings. The van der Waals surface area contributed by atoms with E-state index in [2.05, 4.69) is 47.2 Å². The van der Waals surface area contributed by atoms with E-state index in [1.807, 2.05) is 0 Å². The highest BCUT2D eigenvalue weighted by molar-refractivity contribution is 9.10. The van der Waals surface area contributed by atoms with Gasteiger partial charge in [-0.1, -0.05) is 15.9 Å². The van der Waals surface area contributed by atoms with Crippen LogP contribution in [0.1, 0.15) is 24.0 Å². The molecular formula is C15H23BrN2O2S. The molecule has 1 aliphatic heterocycles. The maximum atomic E-state index is 11.6. The number of anilines is 1. The molecular weight excluding hydrogens is 352 g/mol. The Labute approximate surface area is 136 Å². The molecule has 1 atom stereocenters.